The Kier molecular flexibility index (Phi) is 4.12. The summed E-state index contributed by atoms with van der Waals surface area (Å²) in [5.41, 5.74) is 2.01. The van der Waals surface area contributed by atoms with E-state index in [2.05, 4.69) is 13.8 Å². The maximum absolute atomic E-state index is 13.9. The van der Waals surface area contributed by atoms with Gasteiger partial charge in [-0.1, -0.05) is 56.5 Å². The van der Waals surface area contributed by atoms with E-state index in [1.54, 1.807) is 0 Å². The molecule has 14 heavy (non-hydrogen) atoms. The Morgan fingerprint density at radius 3 is 2.00 bits per heavy atom. The van der Waals surface area contributed by atoms with E-state index in [0.29, 0.717) is 0 Å². The Labute approximate surface area is 86.2 Å². The smallest absolute Gasteiger partial charge is 0.128 e. The largest absolute Gasteiger partial charge is 0.242 e. The lowest BCUT2D eigenvalue weighted by Gasteiger charge is -2.18. The number of halogens is 1. The van der Waals surface area contributed by atoms with E-state index in [0.717, 1.165) is 18.4 Å². The number of alkyl halides is 1. The fourth-order valence-electron chi connectivity index (χ4n) is 1.73. The summed E-state index contributed by atoms with van der Waals surface area (Å²) in [5, 5.41) is 0. The van der Waals surface area contributed by atoms with Crippen LogP contribution in [0.3, 0.4) is 0 Å². The molecule has 0 radical (unpaired) electrons. The molecule has 0 aromatic heterocycles. The lowest BCUT2D eigenvalue weighted by molar-refractivity contribution is 0.220. The van der Waals surface area contributed by atoms with Crippen LogP contribution in [0.2, 0.25) is 0 Å². The first kappa shape index (κ1) is 11.2. The van der Waals surface area contributed by atoms with Crippen LogP contribution in [0.4, 0.5) is 4.39 Å². The van der Waals surface area contributed by atoms with Gasteiger partial charge in [0.05, 0.1) is 0 Å². The molecular formula is C13H19F. The molecule has 1 aromatic carbocycles. The first-order valence-electron chi connectivity index (χ1n) is 5.39. The van der Waals surface area contributed by atoms with Crippen molar-refractivity contribution in [1.82, 2.24) is 0 Å². The maximum Gasteiger partial charge on any atom is 0.128 e. The molecule has 0 saturated heterocycles. The lowest BCUT2D eigenvalue weighted by atomic mass is 9.92. The zero-order chi connectivity index (χ0) is 10.6. The van der Waals surface area contributed by atoms with E-state index in [1.807, 2.05) is 31.2 Å². The Balaban J connectivity index is 2.77. The number of aryl methyl sites for hydroxylation is 1. The molecule has 1 unspecified atom stereocenters. The van der Waals surface area contributed by atoms with Crippen LogP contribution < -0.4 is 0 Å². The third-order valence-electron chi connectivity index (χ3n) is 2.86. The minimum absolute atomic E-state index is 0.165. The van der Waals surface area contributed by atoms with Gasteiger partial charge in [0.1, 0.15) is 6.17 Å². The number of benzene rings is 1. The van der Waals surface area contributed by atoms with Crippen LogP contribution in [0, 0.1) is 12.8 Å². The van der Waals surface area contributed by atoms with Crippen LogP contribution in [-0.2, 0) is 0 Å². The summed E-state index contributed by atoms with van der Waals surface area (Å²) in [5.74, 6) is 0.165. The number of rotatable bonds is 4. The molecule has 1 rings (SSSR count). The second-order valence-corrected chi connectivity index (χ2v) is 3.89. The number of hydrogen-bond donors (Lipinski definition) is 0. The molecule has 0 aliphatic heterocycles. The van der Waals surface area contributed by atoms with Gasteiger partial charge in [-0.3, -0.25) is 0 Å². The number of hydrogen-bond acceptors (Lipinski definition) is 0. The Bertz CT molecular complexity index is 259. The third kappa shape index (κ3) is 2.57. The second-order valence-electron chi connectivity index (χ2n) is 3.89. The van der Waals surface area contributed by atoms with Gasteiger partial charge in [0.15, 0.2) is 0 Å². The van der Waals surface area contributed by atoms with Crippen molar-refractivity contribution in [1.29, 1.82) is 0 Å². The fraction of sp³-hybridized carbons (Fsp3) is 0.538. The first-order chi connectivity index (χ1) is 6.69. The summed E-state index contributed by atoms with van der Waals surface area (Å²) in [6.45, 7) is 6.12. The summed E-state index contributed by atoms with van der Waals surface area (Å²) in [4.78, 5) is 0. The minimum Gasteiger partial charge on any atom is -0.242 e. The van der Waals surface area contributed by atoms with Gasteiger partial charge in [-0.15, -0.1) is 0 Å². The highest BCUT2D eigenvalue weighted by Crippen LogP contribution is 2.30. The molecule has 0 amide bonds. The van der Waals surface area contributed by atoms with Crippen LogP contribution in [-0.4, -0.2) is 0 Å². The summed E-state index contributed by atoms with van der Waals surface area (Å²) in [6, 6.07) is 7.76. The molecule has 0 bridgehead atoms. The van der Waals surface area contributed by atoms with E-state index < -0.39 is 6.17 Å². The Morgan fingerprint density at radius 1 is 1.07 bits per heavy atom. The van der Waals surface area contributed by atoms with Gasteiger partial charge in [0.2, 0.25) is 0 Å². The van der Waals surface area contributed by atoms with Crippen molar-refractivity contribution < 1.29 is 4.39 Å². The molecule has 0 aliphatic rings. The van der Waals surface area contributed by atoms with Crippen molar-refractivity contribution in [2.45, 2.75) is 39.8 Å². The zero-order valence-corrected chi connectivity index (χ0v) is 9.26. The van der Waals surface area contributed by atoms with Gasteiger partial charge in [-0.25, -0.2) is 4.39 Å². The van der Waals surface area contributed by atoms with E-state index in [1.165, 1.54) is 5.56 Å². The second kappa shape index (κ2) is 5.14. The van der Waals surface area contributed by atoms with Crippen molar-refractivity contribution in [2.24, 2.45) is 5.92 Å². The minimum atomic E-state index is -0.800. The molecule has 0 fully saturated rings. The third-order valence-corrected chi connectivity index (χ3v) is 2.86. The van der Waals surface area contributed by atoms with E-state index in [9.17, 15) is 4.39 Å². The van der Waals surface area contributed by atoms with Crippen molar-refractivity contribution >= 4 is 0 Å². The highest BCUT2D eigenvalue weighted by molar-refractivity contribution is 5.23. The Morgan fingerprint density at radius 2 is 1.57 bits per heavy atom. The predicted molar refractivity (Wildman–Crippen MR) is 59.1 cm³/mol. The quantitative estimate of drug-likeness (QED) is 0.664. The van der Waals surface area contributed by atoms with E-state index in [4.69, 9.17) is 0 Å². The monoisotopic (exact) mass is 194 g/mol. The SMILES string of the molecule is CCC(CC)C(F)c1ccc(C)cc1. The average molecular weight is 194 g/mol. The first-order valence-corrected chi connectivity index (χ1v) is 5.39. The standard InChI is InChI=1S/C13H19F/c1-4-11(5-2)13(14)12-8-6-10(3)7-9-12/h6-9,11,13H,4-5H2,1-3H3. The van der Waals surface area contributed by atoms with Crippen molar-refractivity contribution in [2.75, 3.05) is 0 Å². The molecule has 0 aliphatic carbocycles. The summed E-state index contributed by atoms with van der Waals surface area (Å²) < 4.78 is 13.9. The van der Waals surface area contributed by atoms with Crippen LogP contribution in [0.15, 0.2) is 24.3 Å². The Hall–Kier alpha value is -0.850. The van der Waals surface area contributed by atoms with Crippen LogP contribution in [0.5, 0.6) is 0 Å². The maximum atomic E-state index is 13.9. The molecule has 0 spiro atoms. The molecule has 1 aromatic rings. The average Bonchev–Trinajstić information content (AvgIpc) is 2.20. The van der Waals surface area contributed by atoms with Crippen molar-refractivity contribution in [3.05, 3.63) is 35.4 Å². The zero-order valence-electron chi connectivity index (χ0n) is 9.26. The highest BCUT2D eigenvalue weighted by Gasteiger charge is 2.18. The summed E-state index contributed by atoms with van der Waals surface area (Å²) in [7, 11) is 0. The molecule has 1 heteroatoms. The van der Waals surface area contributed by atoms with Gasteiger partial charge < -0.3 is 0 Å². The fourth-order valence-corrected chi connectivity index (χ4v) is 1.73. The molecule has 0 N–H and O–H groups in total. The van der Waals surface area contributed by atoms with Gasteiger partial charge in [0, 0.05) is 0 Å². The molecular weight excluding hydrogens is 175 g/mol. The molecule has 78 valence electrons. The van der Waals surface area contributed by atoms with Gasteiger partial charge in [0.25, 0.3) is 0 Å². The van der Waals surface area contributed by atoms with Crippen molar-refractivity contribution in [3.8, 4) is 0 Å². The van der Waals surface area contributed by atoms with Crippen LogP contribution in [0.1, 0.15) is 44.0 Å². The predicted octanol–water partition coefficient (Wildman–Crippen LogP) is 4.44. The van der Waals surface area contributed by atoms with Crippen LogP contribution in [0.25, 0.3) is 0 Å². The summed E-state index contributed by atoms with van der Waals surface area (Å²) in [6.07, 6.45) is 1.02. The lowest BCUT2D eigenvalue weighted by Crippen LogP contribution is -2.06. The van der Waals surface area contributed by atoms with Gasteiger partial charge >= 0.3 is 0 Å². The molecule has 0 nitrogen and oxygen atoms in total. The van der Waals surface area contributed by atoms with Gasteiger partial charge in [-0.2, -0.15) is 0 Å². The highest BCUT2D eigenvalue weighted by atomic mass is 19.1. The molecule has 0 heterocycles. The van der Waals surface area contributed by atoms with Crippen molar-refractivity contribution in [3.63, 3.8) is 0 Å². The molecule has 0 saturated carbocycles. The van der Waals surface area contributed by atoms with Crippen LogP contribution >= 0.6 is 0 Å². The normalized spacial score (nSPS) is 13.2. The summed E-state index contributed by atoms with van der Waals surface area (Å²) >= 11 is 0. The van der Waals surface area contributed by atoms with Gasteiger partial charge in [-0.05, 0) is 18.4 Å². The van der Waals surface area contributed by atoms with E-state index >= 15 is 0 Å². The molecule has 1 atom stereocenters. The topological polar surface area (TPSA) is 0 Å². The van der Waals surface area contributed by atoms with E-state index in [-0.39, 0.29) is 5.92 Å².